The Balaban J connectivity index is 1.62. The Morgan fingerprint density at radius 2 is 1.84 bits per heavy atom. The van der Waals surface area contributed by atoms with Gasteiger partial charge in [0.15, 0.2) is 5.82 Å². The fourth-order valence-corrected chi connectivity index (χ4v) is 3.97. The molecule has 0 saturated carbocycles. The molecule has 1 aliphatic heterocycles. The van der Waals surface area contributed by atoms with Gasteiger partial charge in [0.1, 0.15) is 11.6 Å². The lowest BCUT2D eigenvalue weighted by molar-refractivity contribution is -0.131. The topological polar surface area (TPSA) is 49.3 Å². The predicted octanol–water partition coefficient (Wildman–Crippen LogP) is 4.26. The molecular formula is C25H27FN4O. The maximum absolute atomic E-state index is 13.2. The van der Waals surface area contributed by atoms with Crippen LogP contribution in [0.15, 0.2) is 54.6 Å². The lowest BCUT2D eigenvalue weighted by Crippen LogP contribution is -2.38. The van der Waals surface area contributed by atoms with E-state index < -0.39 is 0 Å². The highest BCUT2D eigenvalue weighted by atomic mass is 19.1. The molecular weight excluding hydrogens is 391 g/mol. The molecule has 4 rings (SSSR count). The number of amides is 1. The van der Waals surface area contributed by atoms with Gasteiger partial charge in [0.05, 0.1) is 18.7 Å². The minimum atomic E-state index is -0.293. The van der Waals surface area contributed by atoms with Gasteiger partial charge in [-0.2, -0.15) is 0 Å². The molecule has 0 spiro atoms. The summed E-state index contributed by atoms with van der Waals surface area (Å²) in [6.07, 6.45) is 1.96. The zero-order valence-corrected chi connectivity index (χ0v) is 18.0. The summed E-state index contributed by atoms with van der Waals surface area (Å²) >= 11 is 0. The Morgan fingerprint density at radius 3 is 2.55 bits per heavy atom. The van der Waals surface area contributed by atoms with E-state index in [1.54, 1.807) is 12.1 Å². The van der Waals surface area contributed by atoms with Crippen LogP contribution in [0.5, 0.6) is 0 Å². The number of benzene rings is 2. The number of aromatic nitrogens is 2. The van der Waals surface area contributed by atoms with Crippen molar-refractivity contribution in [3.8, 4) is 11.4 Å². The third-order valence-electron chi connectivity index (χ3n) is 5.61. The molecule has 1 aromatic heterocycles. The first kappa shape index (κ1) is 21.0. The Labute approximate surface area is 182 Å². The van der Waals surface area contributed by atoms with Crippen molar-refractivity contribution >= 4 is 11.7 Å². The van der Waals surface area contributed by atoms with E-state index in [2.05, 4.69) is 11.8 Å². The molecule has 0 saturated heterocycles. The standard InChI is InChI=1S/C25H27FN4O/c1-3-14-29(2)25-21-17-30(23(31)16-18-9-11-20(26)12-10-18)15-13-22(21)27-24(28-25)19-7-5-4-6-8-19/h4-12H,3,13-17H2,1-2H3. The van der Waals surface area contributed by atoms with Gasteiger partial charge >= 0.3 is 0 Å². The fraction of sp³-hybridized carbons (Fsp3) is 0.320. The number of carbonyl (C=O) groups excluding carboxylic acids is 1. The summed E-state index contributed by atoms with van der Waals surface area (Å²) in [5.41, 5.74) is 3.84. The van der Waals surface area contributed by atoms with E-state index in [1.165, 1.54) is 12.1 Å². The zero-order chi connectivity index (χ0) is 21.8. The third kappa shape index (κ3) is 4.74. The van der Waals surface area contributed by atoms with Crippen molar-refractivity contribution in [2.24, 2.45) is 0 Å². The number of nitrogens with zero attached hydrogens (tertiary/aromatic N) is 4. The molecule has 2 heterocycles. The number of anilines is 1. The first-order chi connectivity index (χ1) is 15.0. The summed E-state index contributed by atoms with van der Waals surface area (Å²) in [6.45, 7) is 4.13. The summed E-state index contributed by atoms with van der Waals surface area (Å²) in [5, 5.41) is 0. The van der Waals surface area contributed by atoms with E-state index in [4.69, 9.17) is 9.97 Å². The van der Waals surface area contributed by atoms with Crippen molar-refractivity contribution in [3.05, 3.63) is 77.2 Å². The molecule has 0 N–H and O–H groups in total. The zero-order valence-electron chi connectivity index (χ0n) is 18.0. The monoisotopic (exact) mass is 418 g/mol. The van der Waals surface area contributed by atoms with Gasteiger partial charge in [-0.15, -0.1) is 0 Å². The highest BCUT2D eigenvalue weighted by Gasteiger charge is 2.27. The van der Waals surface area contributed by atoms with Crippen LogP contribution >= 0.6 is 0 Å². The number of carbonyl (C=O) groups is 1. The Hall–Kier alpha value is -3.28. The van der Waals surface area contributed by atoms with Crippen LogP contribution in [0.3, 0.4) is 0 Å². The molecule has 6 heteroatoms. The van der Waals surface area contributed by atoms with Crippen molar-refractivity contribution in [1.82, 2.24) is 14.9 Å². The molecule has 0 bridgehead atoms. The molecule has 0 aliphatic carbocycles. The quantitative estimate of drug-likeness (QED) is 0.600. The Morgan fingerprint density at radius 1 is 1.10 bits per heavy atom. The number of fused-ring (bicyclic) bond motifs is 1. The highest BCUT2D eigenvalue weighted by Crippen LogP contribution is 2.29. The average Bonchev–Trinajstić information content (AvgIpc) is 2.80. The van der Waals surface area contributed by atoms with Crippen molar-refractivity contribution in [2.45, 2.75) is 32.7 Å². The fourth-order valence-electron chi connectivity index (χ4n) is 3.97. The van der Waals surface area contributed by atoms with Crippen molar-refractivity contribution in [2.75, 3.05) is 25.0 Å². The van der Waals surface area contributed by atoms with Gasteiger partial charge in [-0.3, -0.25) is 4.79 Å². The Kier molecular flexibility index (Phi) is 6.26. The maximum Gasteiger partial charge on any atom is 0.227 e. The first-order valence-corrected chi connectivity index (χ1v) is 10.7. The average molecular weight is 419 g/mol. The molecule has 160 valence electrons. The molecule has 0 atom stereocenters. The molecule has 31 heavy (non-hydrogen) atoms. The van der Waals surface area contributed by atoms with Crippen LogP contribution in [0.4, 0.5) is 10.2 Å². The molecule has 0 fully saturated rings. The van der Waals surface area contributed by atoms with Crippen LogP contribution in [-0.2, 0) is 24.2 Å². The largest absolute Gasteiger partial charge is 0.359 e. The molecule has 0 unspecified atom stereocenters. The van der Waals surface area contributed by atoms with Crippen molar-refractivity contribution < 1.29 is 9.18 Å². The van der Waals surface area contributed by atoms with Crippen molar-refractivity contribution in [1.29, 1.82) is 0 Å². The van der Waals surface area contributed by atoms with Crippen LogP contribution in [-0.4, -0.2) is 40.9 Å². The normalized spacial score (nSPS) is 13.1. The van der Waals surface area contributed by atoms with E-state index in [0.717, 1.165) is 47.0 Å². The van der Waals surface area contributed by atoms with E-state index in [-0.39, 0.29) is 18.1 Å². The molecule has 3 aromatic rings. The summed E-state index contributed by atoms with van der Waals surface area (Å²) in [7, 11) is 2.04. The van der Waals surface area contributed by atoms with Gasteiger partial charge < -0.3 is 9.80 Å². The molecule has 2 aromatic carbocycles. The lowest BCUT2D eigenvalue weighted by Gasteiger charge is -2.32. The second-order valence-electron chi connectivity index (χ2n) is 7.95. The second-order valence-corrected chi connectivity index (χ2v) is 7.95. The minimum Gasteiger partial charge on any atom is -0.359 e. The number of hydrogen-bond donors (Lipinski definition) is 0. The van der Waals surface area contributed by atoms with Gasteiger partial charge in [-0.05, 0) is 24.1 Å². The summed E-state index contributed by atoms with van der Waals surface area (Å²) in [6, 6.07) is 16.1. The lowest BCUT2D eigenvalue weighted by atomic mass is 10.0. The number of halogens is 1. The summed E-state index contributed by atoms with van der Waals surface area (Å²) in [5.74, 6) is 1.36. The number of rotatable bonds is 6. The minimum absolute atomic E-state index is 0.0356. The number of hydrogen-bond acceptors (Lipinski definition) is 4. The first-order valence-electron chi connectivity index (χ1n) is 10.7. The van der Waals surface area contributed by atoms with Crippen LogP contribution in [0, 0.1) is 5.82 Å². The van der Waals surface area contributed by atoms with Gasteiger partial charge in [0.25, 0.3) is 0 Å². The van der Waals surface area contributed by atoms with Crippen LogP contribution in [0.25, 0.3) is 11.4 Å². The second kappa shape index (κ2) is 9.25. The smallest absolute Gasteiger partial charge is 0.227 e. The predicted molar refractivity (Wildman–Crippen MR) is 120 cm³/mol. The van der Waals surface area contributed by atoms with Gasteiger partial charge in [0, 0.05) is 37.7 Å². The highest BCUT2D eigenvalue weighted by molar-refractivity contribution is 5.79. The van der Waals surface area contributed by atoms with E-state index in [1.807, 2.05) is 42.3 Å². The molecule has 0 radical (unpaired) electrons. The third-order valence-corrected chi connectivity index (χ3v) is 5.61. The van der Waals surface area contributed by atoms with E-state index in [9.17, 15) is 9.18 Å². The summed E-state index contributed by atoms with van der Waals surface area (Å²) in [4.78, 5) is 26.7. The van der Waals surface area contributed by atoms with Gasteiger partial charge in [-0.1, -0.05) is 49.4 Å². The SMILES string of the molecule is CCCN(C)c1nc(-c2ccccc2)nc2c1CN(C(=O)Cc1ccc(F)cc1)CC2. The summed E-state index contributed by atoms with van der Waals surface area (Å²) < 4.78 is 13.2. The van der Waals surface area contributed by atoms with Crippen LogP contribution < -0.4 is 4.90 Å². The molecule has 1 amide bonds. The van der Waals surface area contributed by atoms with Crippen LogP contribution in [0.2, 0.25) is 0 Å². The van der Waals surface area contributed by atoms with Crippen LogP contribution in [0.1, 0.15) is 30.2 Å². The van der Waals surface area contributed by atoms with Crippen molar-refractivity contribution in [3.63, 3.8) is 0 Å². The van der Waals surface area contributed by atoms with Gasteiger partial charge in [0.2, 0.25) is 5.91 Å². The Bertz CT molecular complexity index is 1050. The molecule has 1 aliphatic rings. The maximum atomic E-state index is 13.2. The molecule has 5 nitrogen and oxygen atoms in total. The van der Waals surface area contributed by atoms with Gasteiger partial charge in [-0.25, -0.2) is 14.4 Å². The van der Waals surface area contributed by atoms with E-state index in [0.29, 0.717) is 19.5 Å². The van der Waals surface area contributed by atoms with E-state index >= 15 is 0 Å².